The fraction of sp³-hybridized carbons (Fsp3) is 0.467. The molecule has 0 aliphatic rings. The zero-order valence-electron chi connectivity index (χ0n) is 11.7. The summed E-state index contributed by atoms with van der Waals surface area (Å²) in [5.74, 6) is 0.0712. The molecule has 0 bridgehead atoms. The molecule has 1 aromatic rings. The van der Waals surface area contributed by atoms with E-state index in [1.165, 1.54) is 0 Å². The quantitative estimate of drug-likeness (QED) is 0.687. The maximum absolute atomic E-state index is 11.9. The second-order valence-corrected chi connectivity index (χ2v) is 5.46. The molecule has 20 heavy (non-hydrogen) atoms. The Labute approximate surface area is 124 Å². The van der Waals surface area contributed by atoms with Crippen molar-refractivity contribution in [2.24, 2.45) is 0 Å². The molecule has 5 heteroatoms. The zero-order chi connectivity index (χ0) is 14.8. The second-order valence-electron chi connectivity index (χ2n) is 4.59. The number of hydrogen-bond acceptors (Lipinski definition) is 3. The summed E-state index contributed by atoms with van der Waals surface area (Å²) in [5.41, 5.74) is 1.83. The smallest absolute Gasteiger partial charge is 0.303 e. The lowest BCUT2D eigenvalue weighted by molar-refractivity contribution is -0.137. The molecule has 0 atom stereocenters. The topological polar surface area (TPSA) is 66.4 Å². The minimum atomic E-state index is -0.764. The summed E-state index contributed by atoms with van der Waals surface area (Å²) in [6.07, 6.45) is 4.52. The molecule has 0 heterocycles. The van der Waals surface area contributed by atoms with Crippen molar-refractivity contribution in [1.29, 1.82) is 0 Å². The number of hydrogen-bond donors (Lipinski definition) is 2. The van der Waals surface area contributed by atoms with E-state index in [1.807, 2.05) is 30.5 Å². The van der Waals surface area contributed by atoms with Crippen LogP contribution in [0.1, 0.15) is 41.6 Å². The fourth-order valence-electron chi connectivity index (χ4n) is 1.85. The predicted octanol–water partition coefficient (Wildman–Crippen LogP) is 2.92. The van der Waals surface area contributed by atoms with Gasteiger partial charge in [0, 0.05) is 24.3 Å². The summed E-state index contributed by atoms with van der Waals surface area (Å²) in [5, 5.41) is 11.4. The van der Waals surface area contributed by atoms with Crippen LogP contribution in [0.3, 0.4) is 0 Å². The van der Waals surface area contributed by atoms with Crippen LogP contribution in [-0.2, 0) is 10.5 Å². The van der Waals surface area contributed by atoms with E-state index < -0.39 is 5.97 Å². The van der Waals surface area contributed by atoms with Gasteiger partial charge < -0.3 is 10.4 Å². The van der Waals surface area contributed by atoms with Crippen molar-refractivity contribution in [3.63, 3.8) is 0 Å². The van der Waals surface area contributed by atoms with E-state index in [1.54, 1.807) is 11.8 Å². The molecule has 0 spiro atoms. The van der Waals surface area contributed by atoms with Crippen molar-refractivity contribution in [2.45, 2.75) is 31.4 Å². The Kier molecular flexibility index (Phi) is 7.80. The highest BCUT2D eigenvalue weighted by Crippen LogP contribution is 2.11. The second kappa shape index (κ2) is 9.42. The number of carboxylic acids is 1. The van der Waals surface area contributed by atoms with E-state index >= 15 is 0 Å². The van der Waals surface area contributed by atoms with Crippen LogP contribution >= 0.6 is 11.8 Å². The van der Waals surface area contributed by atoms with Crippen molar-refractivity contribution in [1.82, 2.24) is 5.32 Å². The van der Waals surface area contributed by atoms with E-state index in [4.69, 9.17) is 5.11 Å². The summed E-state index contributed by atoms with van der Waals surface area (Å²) >= 11 is 1.72. The summed E-state index contributed by atoms with van der Waals surface area (Å²) < 4.78 is 0. The minimum absolute atomic E-state index is 0.0637. The molecule has 4 nitrogen and oxygen atoms in total. The van der Waals surface area contributed by atoms with Gasteiger partial charge in [-0.3, -0.25) is 9.59 Å². The standard InChI is InChI=1S/C15H21NO3S/c1-20-11-12-6-5-7-13(10-12)15(19)16-9-4-2-3-8-14(17)18/h5-7,10H,2-4,8-9,11H2,1H3,(H,16,19)(H,17,18). The number of nitrogens with one attached hydrogen (secondary N) is 1. The molecular formula is C15H21NO3S. The van der Waals surface area contributed by atoms with Crippen LogP contribution in [0.2, 0.25) is 0 Å². The molecule has 0 saturated carbocycles. The number of carbonyl (C=O) groups excluding carboxylic acids is 1. The van der Waals surface area contributed by atoms with Crippen LogP contribution in [-0.4, -0.2) is 29.8 Å². The molecule has 2 N–H and O–H groups in total. The maximum atomic E-state index is 11.9. The first-order chi connectivity index (χ1) is 9.63. The summed E-state index contributed by atoms with van der Waals surface area (Å²) in [4.78, 5) is 22.3. The van der Waals surface area contributed by atoms with E-state index in [-0.39, 0.29) is 12.3 Å². The first kappa shape index (κ1) is 16.6. The highest BCUT2D eigenvalue weighted by molar-refractivity contribution is 7.97. The molecule has 0 aliphatic heterocycles. The van der Waals surface area contributed by atoms with Crippen molar-refractivity contribution < 1.29 is 14.7 Å². The average Bonchev–Trinajstić information content (AvgIpc) is 2.43. The lowest BCUT2D eigenvalue weighted by atomic mass is 10.1. The average molecular weight is 295 g/mol. The molecule has 1 rings (SSSR count). The van der Waals surface area contributed by atoms with Gasteiger partial charge in [0.2, 0.25) is 0 Å². The highest BCUT2D eigenvalue weighted by Gasteiger charge is 2.05. The monoisotopic (exact) mass is 295 g/mol. The van der Waals surface area contributed by atoms with Crippen molar-refractivity contribution in [2.75, 3.05) is 12.8 Å². The van der Waals surface area contributed by atoms with Crippen LogP contribution in [0.5, 0.6) is 0 Å². The van der Waals surface area contributed by atoms with Crippen molar-refractivity contribution in [3.05, 3.63) is 35.4 Å². The third kappa shape index (κ3) is 6.61. The molecule has 0 fully saturated rings. The molecule has 0 aromatic heterocycles. The van der Waals surface area contributed by atoms with Gasteiger partial charge in [-0.25, -0.2) is 0 Å². The molecule has 0 radical (unpaired) electrons. The fourth-order valence-corrected chi connectivity index (χ4v) is 2.36. The van der Waals surface area contributed by atoms with Gasteiger partial charge in [0.25, 0.3) is 5.91 Å². The third-order valence-corrected chi connectivity index (χ3v) is 3.48. The molecule has 1 amide bonds. The number of rotatable bonds is 9. The van der Waals surface area contributed by atoms with E-state index in [0.717, 1.165) is 24.2 Å². The van der Waals surface area contributed by atoms with Crippen LogP contribution in [0, 0.1) is 0 Å². The van der Waals surface area contributed by atoms with Crippen LogP contribution in [0.15, 0.2) is 24.3 Å². The molecule has 1 aromatic carbocycles. The number of benzene rings is 1. The van der Waals surface area contributed by atoms with Gasteiger partial charge in [-0.2, -0.15) is 11.8 Å². The zero-order valence-corrected chi connectivity index (χ0v) is 12.5. The number of aliphatic carboxylic acids is 1. The van der Waals surface area contributed by atoms with Gasteiger partial charge >= 0.3 is 5.97 Å². The lowest BCUT2D eigenvalue weighted by Gasteiger charge is -2.06. The van der Waals surface area contributed by atoms with E-state index in [2.05, 4.69) is 5.32 Å². The minimum Gasteiger partial charge on any atom is -0.481 e. The molecular weight excluding hydrogens is 274 g/mol. The highest BCUT2D eigenvalue weighted by atomic mass is 32.2. The van der Waals surface area contributed by atoms with Gasteiger partial charge in [-0.15, -0.1) is 0 Å². The van der Waals surface area contributed by atoms with Crippen molar-refractivity contribution in [3.8, 4) is 0 Å². The Morgan fingerprint density at radius 2 is 2.05 bits per heavy atom. The molecule has 0 aliphatic carbocycles. The predicted molar refractivity (Wildman–Crippen MR) is 82.1 cm³/mol. The summed E-state index contributed by atoms with van der Waals surface area (Å²) in [6, 6.07) is 7.63. The van der Waals surface area contributed by atoms with Gasteiger partial charge in [0.1, 0.15) is 0 Å². The molecule has 0 saturated heterocycles. The Balaban J connectivity index is 2.28. The third-order valence-electron chi connectivity index (χ3n) is 2.85. The Bertz CT molecular complexity index is 448. The largest absolute Gasteiger partial charge is 0.481 e. The Hall–Kier alpha value is -1.49. The van der Waals surface area contributed by atoms with Crippen LogP contribution in [0.25, 0.3) is 0 Å². The van der Waals surface area contributed by atoms with Gasteiger partial charge in [-0.05, 0) is 36.8 Å². The first-order valence-corrected chi connectivity index (χ1v) is 8.10. The van der Waals surface area contributed by atoms with Gasteiger partial charge in [0.05, 0.1) is 0 Å². The van der Waals surface area contributed by atoms with E-state index in [0.29, 0.717) is 18.5 Å². The Morgan fingerprint density at radius 3 is 2.75 bits per heavy atom. The number of amides is 1. The first-order valence-electron chi connectivity index (χ1n) is 6.71. The molecule has 0 unspecified atom stereocenters. The normalized spacial score (nSPS) is 10.2. The van der Waals surface area contributed by atoms with Crippen LogP contribution < -0.4 is 5.32 Å². The van der Waals surface area contributed by atoms with E-state index in [9.17, 15) is 9.59 Å². The Morgan fingerprint density at radius 1 is 1.25 bits per heavy atom. The van der Waals surface area contributed by atoms with Gasteiger partial charge in [-0.1, -0.05) is 18.6 Å². The number of unbranched alkanes of at least 4 members (excludes halogenated alkanes) is 2. The lowest BCUT2D eigenvalue weighted by Crippen LogP contribution is -2.24. The van der Waals surface area contributed by atoms with Crippen molar-refractivity contribution >= 4 is 23.6 Å². The van der Waals surface area contributed by atoms with Crippen LogP contribution in [0.4, 0.5) is 0 Å². The summed E-state index contributed by atoms with van der Waals surface area (Å²) in [6.45, 7) is 0.588. The number of carbonyl (C=O) groups is 2. The molecule has 110 valence electrons. The SMILES string of the molecule is CSCc1cccc(C(=O)NCCCCCC(=O)O)c1. The van der Waals surface area contributed by atoms with Gasteiger partial charge in [0.15, 0.2) is 0 Å². The number of carboxylic acid groups (broad SMARTS) is 1. The number of thioether (sulfide) groups is 1. The summed E-state index contributed by atoms with van der Waals surface area (Å²) in [7, 11) is 0. The maximum Gasteiger partial charge on any atom is 0.303 e.